The van der Waals surface area contributed by atoms with Gasteiger partial charge in [0.25, 0.3) is 5.89 Å². The predicted octanol–water partition coefficient (Wildman–Crippen LogP) is 3.05. The van der Waals surface area contributed by atoms with Crippen molar-refractivity contribution in [2.24, 2.45) is 0 Å². The standard InChI is InChI=1S/C17H19N3O2/c1-11(18-2)10-16-19-17(22-20-16)14-8-9-15(21-3)13-7-5-4-6-12(13)14/h4-9,11,18H,10H2,1-3H3. The van der Waals surface area contributed by atoms with E-state index in [1.54, 1.807) is 7.11 Å². The number of nitrogens with zero attached hydrogens (tertiary/aromatic N) is 2. The molecule has 5 nitrogen and oxygen atoms in total. The smallest absolute Gasteiger partial charge is 0.258 e. The van der Waals surface area contributed by atoms with E-state index in [0.29, 0.717) is 17.8 Å². The Morgan fingerprint density at radius 3 is 2.68 bits per heavy atom. The molecule has 0 bridgehead atoms. The van der Waals surface area contributed by atoms with Crippen molar-refractivity contribution in [1.29, 1.82) is 0 Å². The molecule has 3 aromatic rings. The van der Waals surface area contributed by atoms with Crippen molar-refractivity contribution >= 4 is 10.8 Å². The van der Waals surface area contributed by atoms with Gasteiger partial charge in [0.15, 0.2) is 5.82 Å². The third-order valence-electron chi connectivity index (χ3n) is 3.78. The van der Waals surface area contributed by atoms with E-state index < -0.39 is 0 Å². The molecule has 2 aromatic carbocycles. The molecular formula is C17H19N3O2. The highest BCUT2D eigenvalue weighted by Gasteiger charge is 2.15. The summed E-state index contributed by atoms with van der Waals surface area (Å²) in [4.78, 5) is 4.52. The number of nitrogens with one attached hydrogen (secondary N) is 1. The van der Waals surface area contributed by atoms with Crippen LogP contribution in [0.2, 0.25) is 0 Å². The molecule has 3 rings (SSSR count). The number of likely N-dealkylation sites (N-methyl/N-ethyl adjacent to an activating group) is 1. The number of rotatable bonds is 5. The molecule has 0 aliphatic heterocycles. The quantitative estimate of drug-likeness (QED) is 0.784. The molecule has 1 N–H and O–H groups in total. The first-order chi connectivity index (χ1) is 10.7. The van der Waals surface area contributed by atoms with Crippen LogP contribution < -0.4 is 10.1 Å². The van der Waals surface area contributed by atoms with Gasteiger partial charge in [-0.15, -0.1) is 0 Å². The average Bonchev–Trinajstić information content (AvgIpc) is 3.01. The zero-order valence-corrected chi connectivity index (χ0v) is 13.0. The summed E-state index contributed by atoms with van der Waals surface area (Å²) in [6, 6.07) is 12.2. The molecule has 1 aromatic heterocycles. The lowest BCUT2D eigenvalue weighted by atomic mass is 10.0. The number of methoxy groups -OCH3 is 1. The Hall–Kier alpha value is -2.40. The van der Waals surface area contributed by atoms with Crippen LogP contribution in [0.15, 0.2) is 40.9 Å². The first kappa shape index (κ1) is 14.5. The molecule has 1 atom stereocenters. The molecule has 0 amide bonds. The molecule has 1 unspecified atom stereocenters. The summed E-state index contributed by atoms with van der Waals surface area (Å²) in [6.45, 7) is 2.08. The number of hydrogen-bond acceptors (Lipinski definition) is 5. The van der Waals surface area contributed by atoms with Gasteiger partial charge in [0.1, 0.15) is 5.75 Å². The van der Waals surface area contributed by atoms with Crippen molar-refractivity contribution in [3.63, 3.8) is 0 Å². The molecule has 0 aliphatic carbocycles. The minimum absolute atomic E-state index is 0.304. The van der Waals surface area contributed by atoms with Gasteiger partial charge >= 0.3 is 0 Å². The van der Waals surface area contributed by atoms with Gasteiger partial charge in [-0.1, -0.05) is 29.4 Å². The minimum atomic E-state index is 0.304. The van der Waals surface area contributed by atoms with Gasteiger partial charge in [-0.3, -0.25) is 0 Å². The van der Waals surface area contributed by atoms with E-state index in [2.05, 4.69) is 22.4 Å². The largest absolute Gasteiger partial charge is 0.496 e. The second kappa shape index (κ2) is 6.15. The normalized spacial score (nSPS) is 12.5. The molecule has 0 saturated heterocycles. The Morgan fingerprint density at radius 1 is 1.18 bits per heavy atom. The number of ether oxygens (including phenoxy) is 1. The summed E-state index contributed by atoms with van der Waals surface area (Å²) in [5.74, 6) is 2.08. The van der Waals surface area contributed by atoms with Crippen molar-refractivity contribution < 1.29 is 9.26 Å². The van der Waals surface area contributed by atoms with Gasteiger partial charge in [-0.05, 0) is 31.5 Å². The van der Waals surface area contributed by atoms with Crippen molar-refractivity contribution in [3.8, 4) is 17.2 Å². The first-order valence-corrected chi connectivity index (χ1v) is 7.29. The third-order valence-corrected chi connectivity index (χ3v) is 3.78. The third kappa shape index (κ3) is 2.67. The molecule has 0 radical (unpaired) electrons. The van der Waals surface area contributed by atoms with Crippen LogP contribution in [0.4, 0.5) is 0 Å². The maximum atomic E-state index is 5.45. The zero-order chi connectivity index (χ0) is 15.5. The van der Waals surface area contributed by atoms with E-state index in [4.69, 9.17) is 9.26 Å². The fourth-order valence-corrected chi connectivity index (χ4v) is 2.46. The van der Waals surface area contributed by atoms with Crippen LogP contribution in [0, 0.1) is 0 Å². The van der Waals surface area contributed by atoms with Crippen molar-refractivity contribution in [1.82, 2.24) is 15.5 Å². The molecule has 114 valence electrons. The SMILES string of the molecule is CNC(C)Cc1noc(-c2ccc(OC)c3ccccc23)n1. The topological polar surface area (TPSA) is 60.2 Å². The number of hydrogen-bond donors (Lipinski definition) is 1. The van der Waals surface area contributed by atoms with E-state index in [1.807, 2.05) is 43.4 Å². The van der Waals surface area contributed by atoms with Gasteiger partial charge in [0.2, 0.25) is 0 Å². The van der Waals surface area contributed by atoms with Gasteiger partial charge in [0, 0.05) is 23.4 Å². The zero-order valence-electron chi connectivity index (χ0n) is 13.0. The lowest BCUT2D eigenvalue weighted by Crippen LogP contribution is -2.24. The van der Waals surface area contributed by atoms with E-state index >= 15 is 0 Å². The second-order valence-electron chi connectivity index (χ2n) is 5.27. The minimum Gasteiger partial charge on any atom is -0.496 e. The van der Waals surface area contributed by atoms with Crippen molar-refractivity contribution in [3.05, 3.63) is 42.2 Å². The van der Waals surface area contributed by atoms with Crippen LogP contribution in [0.5, 0.6) is 5.75 Å². The lowest BCUT2D eigenvalue weighted by Gasteiger charge is -2.07. The average molecular weight is 297 g/mol. The molecular weight excluding hydrogens is 278 g/mol. The van der Waals surface area contributed by atoms with Gasteiger partial charge in [-0.25, -0.2) is 0 Å². The monoisotopic (exact) mass is 297 g/mol. The van der Waals surface area contributed by atoms with Crippen LogP contribution in [-0.2, 0) is 6.42 Å². The lowest BCUT2D eigenvalue weighted by molar-refractivity contribution is 0.417. The van der Waals surface area contributed by atoms with E-state index in [9.17, 15) is 0 Å². The summed E-state index contributed by atoms with van der Waals surface area (Å²) in [6.07, 6.45) is 0.730. The van der Waals surface area contributed by atoms with Gasteiger partial charge in [-0.2, -0.15) is 4.98 Å². The van der Waals surface area contributed by atoms with Crippen molar-refractivity contribution in [2.45, 2.75) is 19.4 Å². The second-order valence-corrected chi connectivity index (χ2v) is 5.27. The summed E-state index contributed by atoms with van der Waals surface area (Å²) in [5.41, 5.74) is 0.923. The van der Waals surface area contributed by atoms with Crippen LogP contribution in [0.25, 0.3) is 22.2 Å². The molecule has 0 fully saturated rings. The van der Waals surface area contributed by atoms with Crippen LogP contribution in [0.1, 0.15) is 12.7 Å². The summed E-state index contributed by atoms with van der Waals surface area (Å²) < 4.78 is 10.9. The number of fused-ring (bicyclic) bond motifs is 1. The highest BCUT2D eigenvalue weighted by atomic mass is 16.5. The highest BCUT2D eigenvalue weighted by molar-refractivity contribution is 5.98. The van der Waals surface area contributed by atoms with E-state index in [-0.39, 0.29) is 0 Å². The van der Waals surface area contributed by atoms with Gasteiger partial charge < -0.3 is 14.6 Å². The molecule has 0 aliphatic rings. The Morgan fingerprint density at radius 2 is 1.95 bits per heavy atom. The maximum absolute atomic E-state index is 5.45. The summed E-state index contributed by atoms with van der Waals surface area (Å²) >= 11 is 0. The van der Waals surface area contributed by atoms with E-state index in [0.717, 1.165) is 28.5 Å². The van der Waals surface area contributed by atoms with Crippen LogP contribution in [-0.4, -0.2) is 30.3 Å². The highest BCUT2D eigenvalue weighted by Crippen LogP contribution is 2.33. The first-order valence-electron chi connectivity index (χ1n) is 7.29. The Kier molecular flexibility index (Phi) is 4.06. The Balaban J connectivity index is 2.04. The summed E-state index contributed by atoms with van der Waals surface area (Å²) in [7, 11) is 3.59. The van der Waals surface area contributed by atoms with Crippen LogP contribution in [0.3, 0.4) is 0 Å². The Labute approximate surface area is 129 Å². The molecule has 1 heterocycles. The Bertz CT molecular complexity index is 782. The van der Waals surface area contributed by atoms with Crippen LogP contribution >= 0.6 is 0 Å². The van der Waals surface area contributed by atoms with E-state index in [1.165, 1.54) is 0 Å². The predicted molar refractivity (Wildman–Crippen MR) is 86.0 cm³/mol. The molecule has 5 heteroatoms. The fraction of sp³-hybridized carbons (Fsp3) is 0.294. The van der Waals surface area contributed by atoms with Crippen molar-refractivity contribution in [2.75, 3.05) is 14.2 Å². The summed E-state index contributed by atoms with van der Waals surface area (Å²) in [5, 5.41) is 9.32. The molecule has 22 heavy (non-hydrogen) atoms. The fourth-order valence-electron chi connectivity index (χ4n) is 2.46. The molecule has 0 spiro atoms. The number of aromatic nitrogens is 2. The maximum Gasteiger partial charge on any atom is 0.258 e. The number of benzene rings is 2. The molecule has 0 saturated carbocycles. The van der Waals surface area contributed by atoms with Gasteiger partial charge in [0.05, 0.1) is 7.11 Å².